The van der Waals surface area contributed by atoms with Crippen LogP contribution < -0.4 is 11.3 Å². The summed E-state index contributed by atoms with van der Waals surface area (Å²) in [6.45, 7) is 0. The van der Waals surface area contributed by atoms with Gasteiger partial charge in [0.05, 0.1) is 6.04 Å². The first-order chi connectivity index (χ1) is 9.10. The topological polar surface area (TPSA) is 38.0 Å². The van der Waals surface area contributed by atoms with Crippen LogP contribution in [0.2, 0.25) is 5.02 Å². The van der Waals surface area contributed by atoms with E-state index in [9.17, 15) is 8.78 Å². The molecule has 0 aromatic heterocycles. The summed E-state index contributed by atoms with van der Waals surface area (Å²) in [5.41, 5.74) is 3.86. The molecular weight excluding hydrogens is 270 g/mol. The van der Waals surface area contributed by atoms with Gasteiger partial charge in [-0.3, -0.25) is 11.3 Å². The monoisotopic (exact) mass is 282 g/mol. The molecule has 0 radical (unpaired) electrons. The second-order valence-corrected chi connectivity index (χ2v) is 4.62. The molecule has 0 aliphatic heterocycles. The predicted molar refractivity (Wildman–Crippen MR) is 71.6 cm³/mol. The first-order valence-corrected chi connectivity index (χ1v) is 6.13. The van der Waals surface area contributed by atoms with Crippen molar-refractivity contribution in [3.63, 3.8) is 0 Å². The molecule has 0 fully saturated rings. The summed E-state index contributed by atoms with van der Waals surface area (Å²) in [5.74, 6) is 4.20. The molecule has 2 rings (SSSR count). The van der Waals surface area contributed by atoms with Gasteiger partial charge in [-0.15, -0.1) is 0 Å². The van der Waals surface area contributed by atoms with Gasteiger partial charge < -0.3 is 0 Å². The Morgan fingerprint density at radius 2 is 1.74 bits per heavy atom. The van der Waals surface area contributed by atoms with Crippen molar-refractivity contribution < 1.29 is 8.78 Å². The number of hydrogen-bond acceptors (Lipinski definition) is 2. The van der Waals surface area contributed by atoms with Gasteiger partial charge in [0.2, 0.25) is 0 Å². The molecule has 0 aliphatic rings. The second-order valence-electron chi connectivity index (χ2n) is 4.22. The zero-order valence-electron chi connectivity index (χ0n) is 10.0. The van der Waals surface area contributed by atoms with Crippen molar-refractivity contribution in [3.8, 4) is 0 Å². The quantitative estimate of drug-likeness (QED) is 0.666. The van der Waals surface area contributed by atoms with Crippen LogP contribution >= 0.6 is 11.6 Å². The Morgan fingerprint density at radius 3 is 2.32 bits per heavy atom. The number of hydrogen-bond donors (Lipinski definition) is 2. The van der Waals surface area contributed by atoms with Crippen molar-refractivity contribution in [1.29, 1.82) is 0 Å². The van der Waals surface area contributed by atoms with E-state index in [1.807, 2.05) is 18.2 Å². The van der Waals surface area contributed by atoms with Gasteiger partial charge in [-0.25, -0.2) is 8.78 Å². The van der Waals surface area contributed by atoms with Gasteiger partial charge in [-0.2, -0.15) is 0 Å². The van der Waals surface area contributed by atoms with Crippen LogP contribution in [0, 0.1) is 11.6 Å². The fourth-order valence-corrected chi connectivity index (χ4v) is 2.15. The molecule has 3 N–H and O–H groups in total. The van der Waals surface area contributed by atoms with Gasteiger partial charge in [-0.05, 0) is 35.7 Å². The van der Waals surface area contributed by atoms with Crippen LogP contribution in [0.25, 0.3) is 0 Å². The minimum atomic E-state index is -0.630. The van der Waals surface area contributed by atoms with E-state index in [2.05, 4.69) is 5.43 Å². The van der Waals surface area contributed by atoms with Gasteiger partial charge >= 0.3 is 0 Å². The number of halogens is 3. The predicted octanol–water partition coefficient (Wildman–Crippen LogP) is 3.37. The number of benzene rings is 2. The molecule has 0 bridgehead atoms. The van der Waals surface area contributed by atoms with Crippen LogP contribution in [-0.4, -0.2) is 0 Å². The molecule has 0 amide bonds. The van der Waals surface area contributed by atoms with E-state index in [-0.39, 0.29) is 0 Å². The maximum atomic E-state index is 13.2. The van der Waals surface area contributed by atoms with Crippen LogP contribution in [0.4, 0.5) is 8.78 Å². The normalized spacial score (nSPS) is 12.4. The smallest absolute Gasteiger partial charge is 0.126 e. The molecule has 2 aromatic rings. The van der Waals surface area contributed by atoms with Gasteiger partial charge in [0.15, 0.2) is 0 Å². The second kappa shape index (κ2) is 6.10. The Labute approximate surface area is 115 Å². The highest BCUT2D eigenvalue weighted by Crippen LogP contribution is 2.24. The van der Waals surface area contributed by atoms with Crippen LogP contribution in [-0.2, 0) is 6.42 Å². The van der Waals surface area contributed by atoms with Gasteiger partial charge in [0, 0.05) is 11.1 Å². The first kappa shape index (κ1) is 13.9. The summed E-state index contributed by atoms with van der Waals surface area (Å²) in [6.07, 6.45) is 0.444. The fourth-order valence-electron chi connectivity index (χ4n) is 1.93. The third kappa shape index (κ3) is 3.50. The van der Waals surface area contributed by atoms with Crippen molar-refractivity contribution in [3.05, 3.63) is 70.2 Å². The van der Waals surface area contributed by atoms with Crippen LogP contribution in [0.15, 0.2) is 42.5 Å². The van der Waals surface area contributed by atoms with Crippen molar-refractivity contribution >= 4 is 11.6 Å². The maximum Gasteiger partial charge on any atom is 0.126 e. The summed E-state index contributed by atoms with van der Waals surface area (Å²) < 4.78 is 26.4. The molecule has 1 atom stereocenters. The Kier molecular flexibility index (Phi) is 4.47. The lowest BCUT2D eigenvalue weighted by Gasteiger charge is -2.17. The fraction of sp³-hybridized carbons (Fsp3) is 0.143. The Balaban J connectivity index is 2.28. The van der Waals surface area contributed by atoms with Crippen molar-refractivity contribution in [2.75, 3.05) is 0 Å². The molecule has 100 valence electrons. The first-order valence-electron chi connectivity index (χ1n) is 5.75. The molecule has 0 heterocycles. The number of nitrogens with two attached hydrogens (primary N) is 1. The minimum Gasteiger partial charge on any atom is -0.271 e. The standard InChI is InChI=1S/C14H13ClF2N2/c15-13-4-2-1-3-9(13)7-14(19-18)10-5-11(16)8-12(17)6-10/h1-6,8,14,19H,7,18H2. The van der Waals surface area contributed by atoms with Crippen LogP contribution in [0.5, 0.6) is 0 Å². The van der Waals surface area contributed by atoms with Crippen molar-refractivity contribution in [1.82, 2.24) is 5.43 Å². The number of hydrazine groups is 1. The van der Waals surface area contributed by atoms with Gasteiger partial charge in [0.1, 0.15) is 11.6 Å². The summed E-state index contributed by atoms with van der Waals surface area (Å²) in [7, 11) is 0. The minimum absolute atomic E-state index is 0.412. The largest absolute Gasteiger partial charge is 0.271 e. The number of nitrogens with one attached hydrogen (secondary N) is 1. The summed E-state index contributed by atoms with van der Waals surface area (Å²) in [5, 5.41) is 0.597. The third-order valence-electron chi connectivity index (χ3n) is 2.87. The maximum absolute atomic E-state index is 13.2. The Bertz CT molecular complexity index is 555. The van der Waals surface area contributed by atoms with E-state index in [0.717, 1.165) is 11.6 Å². The molecule has 0 saturated carbocycles. The molecule has 5 heteroatoms. The highest BCUT2D eigenvalue weighted by atomic mass is 35.5. The molecule has 0 spiro atoms. The third-order valence-corrected chi connectivity index (χ3v) is 3.24. The molecule has 2 nitrogen and oxygen atoms in total. The van der Waals surface area contributed by atoms with E-state index in [0.29, 0.717) is 17.0 Å². The van der Waals surface area contributed by atoms with Gasteiger partial charge in [-0.1, -0.05) is 29.8 Å². The zero-order chi connectivity index (χ0) is 13.8. The molecule has 0 saturated heterocycles. The molecular formula is C14H13ClF2N2. The lowest BCUT2D eigenvalue weighted by Crippen LogP contribution is -2.29. The average molecular weight is 283 g/mol. The van der Waals surface area contributed by atoms with E-state index < -0.39 is 17.7 Å². The summed E-state index contributed by atoms with van der Waals surface area (Å²) >= 11 is 6.06. The van der Waals surface area contributed by atoms with Crippen LogP contribution in [0.3, 0.4) is 0 Å². The van der Waals surface area contributed by atoms with E-state index >= 15 is 0 Å². The van der Waals surface area contributed by atoms with E-state index in [1.54, 1.807) is 6.07 Å². The van der Waals surface area contributed by atoms with Crippen LogP contribution in [0.1, 0.15) is 17.2 Å². The summed E-state index contributed by atoms with van der Waals surface area (Å²) in [4.78, 5) is 0. The lowest BCUT2D eigenvalue weighted by atomic mass is 9.99. The lowest BCUT2D eigenvalue weighted by molar-refractivity contribution is 0.530. The van der Waals surface area contributed by atoms with E-state index in [1.165, 1.54) is 12.1 Å². The Hall–Kier alpha value is -1.49. The van der Waals surface area contributed by atoms with Crippen molar-refractivity contribution in [2.24, 2.45) is 5.84 Å². The molecule has 19 heavy (non-hydrogen) atoms. The van der Waals surface area contributed by atoms with Gasteiger partial charge in [0.25, 0.3) is 0 Å². The van der Waals surface area contributed by atoms with E-state index in [4.69, 9.17) is 17.4 Å². The highest BCUT2D eigenvalue weighted by molar-refractivity contribution is 6.31. The summed E-state index contributed by atoms with van der Waals surface area (Å²) in [6, 6.07) is 10.2. The SMILES string of the molecule is NNC(Cc1ccccc1Cl)c1cc(F)cc(F)c1. The Morgan fingerprint density at radius 1 is 1.11 bits per heavy atom. The average Bonchev–Trinajstić information content (AvgIpc) is 2.36. The zero-order valence-corrected chi connectivity index (χ0v) is 10.8. The molecule has 1 unspecified atom stereocenters. The molecule has 0 aliphatic carbocycles. The highest BCUT2D eigenvalue weighted by Gasteiger charge is 2.14. The molecule has 2 aromatic carbocycles. The number of rotatable bonds is 4. The van der Waals surface area contributed by atoms with Crippen molar-refractivity contribution in [2.45, 2.75) is 12.5 Å².